The number of methoxy groups -OCH3 is 1. The molecule has 3 heterocycles. The summed E-state index contributed by atoms with van der Waals surface area (Å²) in [6.45, 7) is 1.30. The zero-order valence-corrected chi connectivity index (χ0v) is 19.7. The van der Waals surface area contributed by atoms with Gasteiger partial charge in [-0.25, -0.2) is 27.9 Å². The molecule has 0 aliphatic carbocycles. The lowest BCUT2D eigenvalue weighted by Gasteiger charge is -2.40. The van der Waals surface area contributed by atoms with E-state index in [4.69, 9.17) is 9.73 Å². The molecule has 1 aromatic heterocycles. The molecule has 2 aliphatic rings. The monoisotopic (exact) mass is 508 g/mol. The van der Waals surface area contributed by atoms with E-state index in [0.29, 0.717) is 16.4 Å². The van der Waals surface area contributed by atoms with Crippen molar-refractivity contribution in [2.75, 3.05) is 20.2 Å². The number of piperidine rings is 1. The Bertz CT molecular complexity index is 1180. The van der Waals surface area contributed by atoms with Gasteiger partial charge in [-0.05, 0) is 24.6 Å². The van der Waals surface area contributed by atoms with Crippen molar-refractivity contribution in [1.29, 1.82) is 0 Å². The fraction of sp³-hybridized carbons (Fsp3) is 0.391. The van der Waals surface area contributed by atoms with Crippen LogP contribution in [-0.2, 0) is 19.9 Å². The number of carboxylic acids is 1. The summed E-state index contributed by atoms with van der Waals surface area (Å²) in [5.74, 6) is -5.39. The standard InChI is InChI=1S/C23H23F3N4O4S/c1-22(13-3-5-14(24)6-4-13)17(21(33)34-2)15(28-18(29-22)19-27-8-10-35-19)12-30-9-7-23(25,26)11-16(30)20(31)32/h3-6,8,10,16H,7,9,11-12H2,1-2H3,(H,28,29)(H,31,32)/t16-,22?/m0/s1. The molecule has 2 N–H and O–H groups in total. The highest BCUT2D eigenvalue weighted by molar-refractivity contribution is 7.11. The number of carboxylic acid groups (broad SMARTS) is 1. The summed E-state index contributed by atoms with van der Waals surface area (Å²) < 4.78 is 46.7. The number of nitrogens with zero attached hydrogens (tertiary/aromatic N) is 3. The lowest BCUT2D eigenvalue weighted by Crippen LogP contribution is -2.53. The van der Waals surface area contributed by atoms with Gasteiger partial charge in [0.25, 0.3) is 5.92 Å². The Kier molecular flexibility index (Phi) is 6.69. The highest BCUT2D eigenvalue weighted by Gasteiger charge is 2.46. The summed E-state index contributed by atoms with van der Waals surface area (Å²) in [5, 5.41) is 14.9. The molecule has 0 saturated carbocycles. The number of halogens is 3. The van der Waals surface area contributed by atoms with E-state index in [9.17, 15) is 27.9 Å². The smallest absolute Gasteiger partial charge is 0.338 e. The number of ether oxygens (including phenoxy) is 1. The summed E-state index contributed by atoms with van der Waals surface area (Å²) in [4.78, 5) is 35.3. The number of alkyl halides is 2. The van der Waals surface area contributed by atoms with E-state index in [0.717, 1.165) is 0 Å². The average Bonchev–Trinajstić information content (AvgIpc) is 3.35. The molecule has 0 bridgehead atoms. The van der Waals surface area contributed by atoms with Crippen molar-refractivity contribution in [3.05, 3.63) is 63.5 Å². The Hall–Kier alpha value is -3.25. The predicted octanol–water partition coefficient (Wildman–Crippen LogP) is 3.16. The number of aliphatic imine (C=N–C) groups is 1. The number of hydrogen-bond donors (Lipinski definition) is 2. The second-order valence-corrected chi connectivity index (χ2v) is 9.38. The predicted molar refractivity (Wildman–Crippen MR) is 122 cm³/mol. The molecule has 4 rings (SSSR count). The number of nitrogens with one attached hydrogen (secondary N) is 1. The van der Waals surface area contributed by atoms with E-state index in [2.05, 4.69) is 10.3 Å². The van der Waals surface area contributed by atoms with Gasteiger partial charge in [0, 0.05) is 43.2 Å². The maximum Gasteiger partial charge on any atom is 0.338 e. The van der Waals surface area contributed by atoms with Gasteiger partial charge in [0.15, 0.2) is 10.8 Å². The summed E-state index contributed by atoms with van der Waals surface area (Å²) in [7, 11) is 1.19. The van der Waals surface area contributed by atoms with Crippen LogP contribution in [0.15, 0.2) is 52.1 Å². The molecule has 8 nitrogen and oxygen atoms in total. The van der Waals surface area contributed by atoms with Crippen molar-refractivity contribution in [3.8, 4) is 0 Å². The minimum absolute atomic E-state index is 0.0633. The maximum atomic E-state index is 14.0. The quantitative estimate of drug-likeness (QED) is 0.578. The zero-order chi connectivity index (χ0) is 25.4. The largest absolute Gasteiger partial charge is 0.480 e. The Morgan fingerprint density at radius 3 is 2.63 bits per heavy atom. The molecule has 1 aromatic carbocycles. The van der Waals surface area contributed by atoms with Crippen molar-refractivity contribution < 1.29 is 32.6 Å². The number of esters is 1. The third kappa shape index (κ3) is 4.94. The zero-order valence-electron chi connectivity index (χ0n) is 18.9. The summed E-state index contributed by atoms with van der Waals surface area (Å²) in [6, 6.07) is 4.01. The van der Waals surface area contributed by atoms with Crippen LogP contribution in [0.4, 0.5) is 13.2 Å². The third-order valence-corrected chi connectivity index (χ3v) is 6.95. The number of aromatic nitrogens is 1. The minimum atomic E-state index is -3.10. The Morgan fingerprint density at radius 1 is 1.31 bits per heavy atom. The lowest BCUT2D eigenvalue weighted by atomic mass is 9.82. The number of hydrogen-bond acceptors (Lipinski definition) is 8. The van der Waals surface area contributed by atoms with Crippen LogP contribution in [0, 0.1) is 5.82 Å². The number of amidine groups is 1. The van der Waals surface area contributed by atoms with E-state index < -0.39 is 48.1 Å². The van der Waals surface area contributed by atoms with Gasteiger partial charge in [-0.3, -0.25) is 9.69 Å². The first kappa shape index (κ1) is 24.9. The third-order valence-electron chi connectivity index (χ3n) is 6.17. The molecule has 1 unspecified atom stereocenters. The molecule has 2 atom stereocenters. The fourth-order valence-corrected chi connectivity index (χ4v) is 4.97. The van der Waals surface area contributed by atoms with Gasteiger partial charge < -0.3 is 15.2 Å². The molecule has 1 saturated heterocycles. The number of benzene rings is 1. The highest BCUT2D eigenvalue weighted by atomic mass is 32.1. The van der Waals surface area contributed by atoms with E-state index in [1.165, 1.54) is 47.6 Å². The van der Waals surface area contributed by atoms with Crippen LogP contribution in [0.2, 0.25) is 0 Å². The van der Waals surface area contributed by atoms with Crippen molar-refractivity contribution in [3.63, 3.8) is 0 Å². The summed E-state index contributed by atoms with van der Waals surface area (Å²) in [6.07, 6.45) is 0.220. The maximum absolute atomic E-state index is 14.0. The van der Waals surface area contributed by atoms with Crippen LogP contribution in [0.5, 0.6) is 0 Å². The van der Waals surface area contributed by atoms with Crippen molar-refractivity contribution in [2.45, 2.75) is 37.3 Å². The minimum Gasteiger partial charge on any atom is -0.480 e. The Labute approximate surface area is 203 Å². The SMILES string of the molecule is COC(=O)C1=C(CN2CCC(F)(F)C[C@H]2C(=O)O)NC(c2nccs2)=NC1(C)c1ccc(F)cc1. The van der Waals surface area contributed by atoms with Crippen LogP contribution in [0.25, 0.3) is 0 Å². The highest BCUT2D eigenvalue weighted by Crippen LogP contribution is 2.40. The molecular weight excluding hydrogens is 485 g/mol. The van der Waals surface area contributed by atoms with Crippen LogP contribution in [0.3, 0.4) is 0 Å². The molecule has 2 aliphatic heterocycles. The lowest BCUT2D eigenvalue weighted by molar-refractivity contribution is -0.153. The number of aliphatic carboxylic acids is 1. The van der Waals surface area contributed by atoms with E-state index >= 15 is 0 Å². The van der Waals surface area contributed by atoms with Crippen molar-refractivity contribution in [2.24, 2.45) is 4.99 Å². The average molecular weight is 509 g/mol. The first-order valence-corrected chi connectivity index (χ1v) is 11.6. The molecule has 0 radical (unpaired) electrons. The van der Waals surface area contributed by atoms with E-state index in [1.807, 2.05) is 0 Å². The van der Waals surface area contributed by atoms with Gasteiger partial charge in [0.1, 0.15) is 17.4 Å². The van der Waals surface area contributed by atoms with E-state index in [-0.39, 0.29) is 24.4 Å². The molecule has 0 amide bonds. The van der Waals surface area contributed by atoms with Gasteiger partial charge in [-0.2, -0.15) is 0 Å². The molecule has 1 fully saturated rings. The number of carbonyl (C=O) groups is 2. The second-order valence-electron chi connectivity index (χ2n) is 8.48. The van der Waals surface area contributed by atoms with Crippen LogP contribution in [0.1, 0.15) is 30.3 Å². The molecule has 35 heavy (non-hydrogen) atoms. The van der Waals surface area contributed by atoms with Gasteiger partial charge in [-0.15, -0.1) is 11.3 Å². The molecule has 2 aromatic rings. The van der Waals surface area contributed by atoms with Crippen LogP contribution in [-0.4, -0.2) is 64.9 Å². The van der Waals surface area contributed by atoms with Crippen molar-refractivity contribution >= 4 is 29.1 Å². The Balaban J connectivity index is 1.84. The van der Waals surface area contributed by atoms with Gasteiger partial charge in [-0.1, -0.05) is 12.1 Å². The molecule has 0 spiro atoms. The summed E-state index contributed by atoms with van der Waals surface area (Å²) >= 11 is 1.29. The first-order valence-electron chi connectivity index (χ1n) is 10.7. The molecule has 186 valence electrons. The Morgan fingerprint density at radius 2 is 2.03 bits per heavy atom. The van der Waals surface area contributed by atoms with Crippen LogP contribution >= 0.6 is 11.3 Å². The number of thiazole rings is 1. The number of rotatable bonds is 6. The second kappa shape index (κ2) is 9.42. The summed E-state index contributed by atoms with van der Waals surface area (Å²) in [5.41, 5.74) is -0.568. The van der Waals surface area contributed by atoms with Gasteiger partial charge in [0.05, 0.1) is 12.7 Å². The number of likely N-dealkylation sites (tertiary alicyclic amines) is 1. The van der Waals surface area contributed by atoms with Crippen molar-refractivity contribution in [1.82, 2.24) is 15.2 Å². The van der Waals surface area contributed by atoms with Gasteiger partial charge in [0.2, 0.25) is 0 Å². The molecule has 12 heteroatoms. The topological polar surface area (TPSA) is 104 Å². The number of carbonyl (C=O) groups excluding carboxylic acids is 1. The van der Waals surface area contributed by atoms with Crippen LogP contribution < -0.4 is 5.32 Å². The normalized spacial score (nSPS) is 24.5. The molecular formula is C23H23F3N4O4S. The van der Waals surface area contributed by atoms with Gasteiger partial charge >= 0.3 is 11.9 Å². The fourth-order valence-electron chi connectivity index (χ4n) is 4.39. The first-order chi connectivity index (χ1) is 16.5. The van der Waals surface area contributed by atoms with E-state index in [1.54, 1.807) is 18.5 Å².